The number of rotatable bonds is 8. The molecule has 1 rings (SSSR count). The Morgan fingerprint density at radius 2 is 1.69 bits per heavy atom. The second-order valence-electron chi connectivity index (χ2n) is 10.2. The zero-order valence-electron chi connectivity index (χ0n) is 21.1. The van der Waals surface area contributed by atoms with E-state index in [9.17, 15) is 14.4 Å². The van der Waals surface area contributed by atoms with Crippen LogP contribution in [-0.2, 0) is 19.1 Å². The molecule has 0 radical (unpaired) electrons. The smallest absolute Gasteiger partial charge is 0.410 e. The highest BCUT2D eigenvalue weighted by Crippen LogP contribution is 2.30. The average Bonchev–Trinajstić information content (AvgIpc) is 3.08. The van der Waals surface area contributed by atoms with Gasteiger partial charge in [0.15, 0.2) is 0 Å². The van der Waals surface area contributed by atoms with Crippen LogP contribution in [0.15, 0.2) is 24.8 Å². The van der Waals surface area contributed by atoms with Gasteiger partial charge in [-0.2, -0.15) is 0 Å². The van der Waals surface area contributed by atoms with Gasteiger partial charge in [-0.3, -0.25) is 14.5 Å². The number of ether oxygens (including phenoxy) is 2. The van der Waals surface area contributed by atoms with Crippen molar-refractivity contribution in [1.29, 1.82) is 0 Å². The molecule has 7 nitrogen and oxygen atoms in total. The van der Waals surface area contributed by atoms with Gasteiger partial charge in [-0.25, -0.2) is 4.79 Å². The monoisotopic (exact) mass is 450 g/mol. The minimum absolute atomic E-state index is 0.189. The normalized spacial score (nSPS) is 20.2. The number of esters is 1. The maximum Gasteiger partial charge on any atom is 0.410 e. The quantitative estimate of drug-likeness (QED) is 0.395. The van der Waals surface area contributed by atoms with E-state index in [1.807, 2.05) is 26.0 Å². The van der Waals surface area contributed by atoms with Crippen molar-refractivity contribution in [2.45, 2.75) is 97.9 Å². The molecule has 1 aliphatic rings. The molecule has 0 aliphatic carbocycles. The second-order valence-corrected chi connectivity index (χ2v) is 10.2. The standard InChI is InChI=1S/C25H42N2O5/c1-10-13-14-19(12-3)27(17-20(28)31-24(4,5)6)22(29)21-18(11-2)15-16-26(21)23(30)32-25(7,8)9/h11,13-14,18-19,21H,2,10,12,15-17H2,1,3-9H3/b14-13+/t18-,19+,21-/m0/s1. The first-order valence-electron chi connectivity index (χ1n) is 11.5. The van der Waals surface area contributed by atoms with E-state index in [1.54, 1.807) is 47.6 Å². The summed E-state index contributed by atoms with van der Waals surface area (Å²) in [4.78, 5) is 42.4. The fourth-order valence-electron chi connectivity index (χ4n) is 3.70. The van der Waals surface area contributed by atoms with E-state index < -0.39 is 29.3 Å². The Balaban J connectivity index is 3.30. The minimum atomic E-state index is -0.770. The molecule has 0 aromatic heterocycles. The molecule has 1 heterocycles. The highest BCUT2D eigenvalue weighted by atomic mass is 16.6. The van der Waals surface area contributed by atoms with E-state index in [0.717, 1.165) is 6.42 Å². The lowest BCUT2D eigenvalue weighted by molar-refractivity contribution is -0.160. The van der Waals surface area contributed by atoms with Gasteiger partial charge in [0.1, 0.15) is 23.8 Å². The molecule has 2 amide bonds. The summed E-state index contributed by atoms with van der Waals surface area (Å²) in [5.74, 6) is -0.994. The molecule has 0 spiro atoms. The third kappa shape index (κ3) is 8.32. The zero-order valence-corrected chi connectivity index (χ0v) is 21.1. The van der Waals surface area contributed by atoms with Crippen LogP contribution in [0.5, 0.6) is 0 Å². The van der Waals surface area contributed by atoms with Gasteiger partial charge in [0, 0.05) is 12.5 Å². The Hall–Kier alpha value is -2.31. The van der Waals surface area contributed by atoms with Crippen LogP contribution in [-0.4, -0.2) is 64.1 Å². The van der Waals surface area contributed by atoms with Crippen LogP contribution in [0.25, 0.3) is 0 Å². The third-order valence-corrected chi connectivity index (χ3v) is 5.04. The fourth-order valence-corrected chi connectivity index (χ4v) is 3.70. The first-order chi connectivity index (χ1) is 14.7. The summed E-state index contributed by atoms with van der Waals surface area (Å²) >= 11 is 0. The van der Waals surface area contributed by atoms with Crippen molar-refractivity contribution >= 4 is 18.0 Å². The molecule has 1 fully saturated rings. The van der Waals surface area contributed by atoms with Crippen molar-refractivity contribution in [3.8, 4) is 0 Å². The number of hydrogen-bond donors (Lipinski definition) is 0. The van der Waals surface area contributed by atoms with Gasteiger partial charge in [-0.15, -0.1) is 6.58 Å². The molecule has 3 atom stereocenters. The van der Waals surface area contributed by atoms with E-state index >= 15 is 0 Å². The van der Waals surface area contributed by atoms with Crippen molar-refractivity contribution in [2.24, 2.45) is 5.92 Å². The van der Waals surface area contributed by atoms with E-state index in [4.69, 9.17) is 9.47 Å². The molecule has 0 aromatic carbocycles. The van der Waals surface area contributed by atoms with E-state index in [-0.39, 0.29) is 24.4 Å². The van der Waals surface area contributed by atoms with Crippen LogP contribution < -0.4 is 0 Å². The first kappa shape index (κ1) is 27.7. The Morgan fingerprint density at radius 1 is 1.09 bits per heavy atom. The molecule has 1 aliphatic heterocycles. The molecular weight excluding hydrogens is 408 g/mol. The van der Waals surface area contributed by atoms with Crippen LogP contribution in [0.1, 0.15) is 74.7 Å². The average molecular weight is 451 g/mol. The summed E-state index contributed by atoms with van der Waals surface area (Å²) in [6.07, 6.45) is 7.15. The summed E-state index contributed by atoms with van der Waals surface area (Å²) in [5.41, 5.74) is -1.34. The predicted molar refractivity (Wildman–Crippen MR) is 126 cm³/mol. The third-order valence-electron chi connectivity index (χ3n) is 5.04. The Kier molecular flexibility index (Phi) is 9.98. The highest BCUT2D eigenvalue weighted by Gasteiger charge is 2.45. The van der Waals surface area contributed by atoms with Crippen LogP contribution in [0.3, 0.4) is 0 Å². The summed E-state index contributed by atoms with van der Waals surface area (Å²) in [6, 6.07) is -1.06. The van der Waals surface area contributed by atoms with Crippen LogP contribution >= 0.6 is 0 Å². The summed E-state index contributed by atoms with van der Waals surface area (Å²) in [7, 11) is 0. The van der Waals surface area contributed by atoms with Crippen molar-refractivity contribution in [1.82, 2.24) is 9.80 Å². The minimum Gasteiger partial charge on any atom is -0.459 e. The molecule has 0 saturated carbocycles. The molecule has 0 bridgehead atoms. The zero-order chi connectivity index (χ0) is 24.7. The lowest BCUT2D eigenvalue weighted by Gasteiger charge is -2.36. The van der Waals surface area contributed by atoms with Crippen molar-refractivity contribution in [3.05, 3.63) is 24.8 Å². The van der Waals surface area contributed by atoms with Gasteiger partial charge in [0.05, 0.1) is 6.04 Å². The maximum absolute atomic E-state index is 13.8. The molecular formula is C25H42N2O5. The van der Waals surface area contributed by atoms with E-state index in [0.29, 0.717) is 19.4 Å². The highest BCUT2D eigenvalue weighted by molar-refractivity contribution is 5.90. The number of nitrogens with zero attached hydrogens (tertiary/aromatic N) is 2. The van der Waals surface area contributed by atoms with Gasteiger partial charge in [0.25, 0.3) is 0 Å². The van der Waals surface area contributed by atoms with Gasteiger partial charge in [-0.1, -0.05) is 32.1 Å². The Bertz CT molecular complexity index is 702. The van der Waals surface area contributed by atoms with Gasteiger partial charge in [0.2, 0.25) is 5.91 Å². The Morgan fingerprint density at radius 3 is 2.16 bits per heavy atom. The largest absolute Gasteiger partial charge is 0.459 e. The number of carbonyl (C=O) groups is 3. The number of carbonyl (C=O) groups excluding carboxylic acids is 3. The molecule has 0 N–H and O–H groups in total. The Labute approximate surface area is 193 Å². The van der Waals surface area contributed by atoms with Gasteiger partial charge >= 0.3 is 12.1 Å². The van der Waals surface area contributed by atoms with E-state index in [2.05, 4.69) is 6.58 Å². The summed E-state index contributed by atoms with van der Waals surface area (Å²) in [5, 5.41) is 0. The molecule has 7 heteroatoms. The summed E-state index contributed by atoms with van der Waals surface area (Å²) in [6.45, 7) is 18.8. The number of likely N-dealkylation sites (tertiary alicyclic amines) is 1. The number of amides is 2. The molecule has 0 unspecified atom stereocenters. The topological polar surface area (TPSA) is 76.2 Å². The lowest BCUT2D eigenvalue weighted by atomic mass is 9.98. The lowest BCUT2D eigenvalue weighted by Crippen LogP contribution is -2.54. The van der Waals surface area contributed by atoms with Crippen LogP contribution in [0.2, 0.25) is 0 Å². The van der Waals surface area contributed by atoms with Crippen molar-refractivity contribution in [3.63, 3.8) is 0 Å². The first-order valence-corrected chi connectivity index (χ1v) is 11.5. The second kappa shape index (κ2) is 11.5. The number of allylic oxidation sites excluding steroid dienone is 1. The van der Waals surface area contributed by atoms with Crippen molar-refractivity contribution in [2.75, 3.05) is 13.1 Å². The predicted octanol–water partition coefficient (Wildman–Crippen LogP) is 4.71. The van der Waals surface area contributed by atoms with Crippen molar-refractivity contribution < 1.29 is 23.9 Å². The molecule has 0 aromatic rings. The van der Waals surface area contributed by atoms with Crippen LogP contribution in [0.4, 0.5) is 4.79 Å². The van der Waals surface area contributed by atoms with Gasteiger partial charge < -0.3 is 14.4 Å². The van der Waals surface area contributed by atoms with Crippen LogP contribution in [0, 0.1) is 5.92 Å². The fraction of sp³-hybridized carbons (Fsp3) is 0.720. The molecule has 1 saturated heterocycles. The summed E-state index contributed by atoms with van der Waals surface area (Å²) < 4.78 is 11.0. The molecule has 32 heavy (non-hydrogen) atoms. The molecule has 182 valence electrons. The SMILES string of the molecule is C=C[C@H]1CCN(C(=O)OC(C)(C)C)[C@@H]1C(=O)N(CC(=O)OC(C)(C)C)[C@@H](/C=C/CC)CC. The van der Waals surface area contributed by atoms with Gasteiger partial charge in [-0.05, 0) is 60.8 Å². The maximum atomic E-state index is 13.8. The number of hydrogen-bond acceptors (Lipinski definition) is 5. The van der Waals surface area contributed by atoms with E-state index in [1.165, 1.54) is 9.80 Å².